The van der Waals surface area contributed by atoms with Gasteiger partial charge in [-0.25, -0.2) is 0 Å². The van der Waals surface area contributed by atoms with Crippen LogP contribution >= 0.6 is 0 Å². The van der Waals surface area contributed by atoms with Gasteiger partial charge in [0.25, 0.3) is 0 Å². The van der Waals surface area contributed by atoms with Crippen LogP contribution in [0.3, 0.4) is 0 Å². The second-order valence-electron chi connectivity index (χ2n) is 6.07. The quantitative estimate of drug-likeness (QED) is 0.833. The normalized spacial score (nSPS) is 21.0. The molecule has 0 aliphatic carbocycles. The first kappa shape index (κ1) is 16.7. The van der Waals surface area contributed by atoms with E-state index in [1.807, 2.05) is 55.5 Å². The lowest BCUT2D eigenvalue weighted by atomic mass is 9.71. The van der Waals surface area contributed by atoms with Gasteiger partial charge in [0, 0.05) is 0 Å². The van der Waals surface area contributed by atoms with E-state index in [4.69, 9.17) is 0 Å². The molecule has 2 rings (SSSR count). The first-order valence-electron chi connectivity index (χ1n) is 8.05. The molecule has 1 N–H and O–H groups in total. The minimum absolute atomic E-state index is 0.216. The van der Waals surface area contributed by atoms with Gasteiger partial charge in [-0.3, -0.25) is 0 Å². The molecule has 1 aromatic carbocycles. The van der Waals surface area contributed by atoms with Crippen LogP contribution < -0.4 is 0 Å². The van der Waals surface area contributed by atoms with Crippen molar-refractivity contribution in [1.82, 2.24) is 4.90 Å². The van der Waals surface area contributed by atoms with Gasteiger partial charge in [0.15, 0.2) is 0 Å². The Morgan fingerprint density at radius 3 is 2.45 bits per heavy atom. The lowest BCUT2D eigenvalue weighted by molar-refractivity contribution is -0.0115. The number of rotatable bonds is 5. The van der Waals surface area contributed by atoms with Gasteiger partial charge in [-0.05, 0) is 57.0 Å². The summed E-state index contributed by atoms with van der Waals surface area (Å²) in [6.45, 7) is 7.85. The highest BCUT2D eigenvalue weighted by Gasteiger charge is 2.41. The van der Waals surface area contributed by atoms with Gasteiger partial charge in [-0.2, -0.15) is 0 Å². The van der Waals surface area contributed by atoms with Crippen LogP contribution in [0.25, 0.3) is 0 Å². The van der Waals surface area contributed by atoms with Gasteiger partial charge in [0.2, 0.25) is 0 Å². The van der Waals surface area contributed by atoms with Crippen LogP contribution in [0, 0.1) is 5.92 Å². The van der Waals surface area contributed by atoms with E-state index in [9.17, 15) is 5.11 Å². The van der Waals surface area contributed by atoms with Crippen molar-refractivity contribution in [3.63, 3.8) is 0 Å². The summed E-state index contributed by atoms with van der Waals surface area (Å²) in [6.07, 6.45) is 9.68. The maximum Gasteiger partial charge on any atom is 0.117 e. The zero-order valence-electron chi connectivity index (χ0n) is 13.7. The molecule has 1 fully saturated rings. The largest absolute Gasteiger partial charge is 0.380 e. The number of nitrogens with zero attached hydrogens (tertiary/aromatic N) is 1. The number of hydrogen-bond donors (Lipinski definition) is 1. The van der Waals surface area contributed by atoms with Crippen molar-refractivity contribution >= 4 is 0 Å². The van der Waals surface area contributed by atoms with Gasteiger partial charge in [0.1, 0.15) is 5.60 Å². The van der Waals surface area contributed by atoms with Crippen molar-refractivity contribution in [2.75, 3.05) is 20.1 Å². The highest BCUT2D eigenvalue weighted by Crippen LogP contribution is 2.42. The number of benzene rings is 1. The third kappa shape index (κ3) is 3.40. The van der Waals surface area contributed by atoms with Gasteiger partial charge < -0.3 is 10.0 Å². The summed E-state index contributed by atoms with van der Waals surface area (Å²) in [4.78, 5) is 2.33. The van der Waals surface area contributed by atoms with Crippen molar-refractivity contribution in [3.8, 4) is 0 Å². The van der Waals surface area contributed by atoms with Crippen molar-refractivity contribution in [3.05, 3.63) is 72.4 Å². The summed E-state index contributed by atoms with van der Waals surface area (Å²) in [6, 6.07) is 10.0. The molecule has 0 amide bonds. The van der Waals surface area contributed by atoms with Gasteiger partial charge in [0.05, 0.1) is 0 Å². The zero-order valence-corrected chi connectivity index (χ0v) is 13.7. The molecule has 1 atom stereocenters. The van der Waals surface area contributed by atoms with Crippen LogP contribution in [0.15, 0.2) is 66.8 Å². The van der Waals surface area contributed by atoms with Crippen LogP contribution in [0.1, 0.15) is 25.3 Å². The van der Waals surface area contributed by atoms with E-state index < -0.39 is 5.60 Å². The molecule has 1 heterocycles. The predicted molar refractivity (Wildman–Crippen MR) is 93.7 cm³/mol. The topological polar surface area (TPSA) is 23.5 Å². The summed E-state index contributed by atoms with van der Waals surface area (Å²) in [5.41, 5.74) is 0.935. The Hall–Kier alpha value is -1.64. The van der Waals surface area contributed by atoms with Gasteiger partial charge in [-0.1, -0.05) is 61.2 Å². The average Bonchev–Trinajstić information content (AvgIpc) is 2.55. The summed E-state index contributed by atoms with van der Waals surface area (Å²) in [7, 11) is 2.14. The smallest absolute Gasteiger partial charge is 0.117 e. The lowest BCUT2D eigenvalue weighted by Crippen LogP contribution is -2.43. The van der Waals surface area contributed by atoms with Crippen LogP contribution in [-0.4, -0.2) is 30.1 Å². The second kappa shape index (κ2) is 7.57. The van der Waals surface area contributed by atoms with Crippen molar-refractivity contribution < 1.29 is 5.11 Å². The fraction of sp³-hybridized carbons (Fsp3) is 0.400. The summed E-state index contributed by atoms with van der Waals surface area (Å²) >= 11 is 0. The van der Waals surface area contributed by atoms with Crippen LogP contribution in [0.2, 0.25) is 0 Å². The third-order valence-electron chi connectivity index (χ3n) is 4.61. The van der Waals surface area contributed by atoms with Gasteiger partial charge in [-0.15, -0.1) is 0 Å². The van der Waals surface area contributed by atoms with E-state index in [-0.39, 0.29) is 5.92 Å². The summed E-state index contributed by atoms with van der Waals surface area (Å²) in [5, 5.41) is 11.7. The van der Waals surface area contributed by atoms with E-state index in [2.05, 4.69) is 18.5 Å². The number of piperidine rings is 1. The standard InChI is InChI=1S/C20H27NO/c1-4-9-17(10-5-2)20(22,18-11-7-6-8-12-18)19-13-15-21(3)16-14-19/h4-12,19,22H,1,13-16H2,2-3H3/b10-5-,17-9+. The highest BCUT2D eigenvalue weighted by molar-refractivity contribution is 5.41. The summed E-state index contributed by atoms with van der Waals surface area (Å²) < 4.78 is 0. The molecule has 0 radical (unpaired) electrons. The molecule has 0 aromatic heterocycles. The first-order chi connectivity index (χ1) is 10.6. The maximum atomic E-state index is 11.7. The highest BCUT2D eigenvalue weighted by atomic mass is 16.3. The molecular weight excluding hydrogens is 270 g/mol. The lowest BCUT2D eigenvalue weighted by Gasteiger charge is -2.42. The number of hydrogen-bond acceptors (Lipinski definition) is 2. The van der Waals surface area contributed by atoms with E-state index in [1.165, 1.54) is 0 Å². The Morgan fingerprint density at radius 1 is 1.27 bits per heavy atom. The minimum atomic E-state index is -0.955. The van der Waals surface area contributed by atoms with Crippen molar-refractivity contribution in [2.24, 2.45) is 5.92 Å². The molecule has 1 aliphatic heterocycles. The minimum Gasteiger partial charge on any atom is -0.380 e. The fourth-order valence-corrected chi connectivity index (χ4v) is 3.37. The monoisotopic (exact) mass is 297 g/mol. The molecule has 2 heteroatoms. The Balaban J connectivity index is 2.48. The number of allylic oxidation sites excluding steroid dienone is 3. The molecular formula is C20H27NO. The maximum absolute atomic E-state index is 11.7. The number of likely N-dealkylation sites (tertiary alicyclic amines) is 1. The Bertz CT molecular complexity index is 538. The molecule has 1 unspecified atom stereocenters. The fourth-order valence-electron chi connectivity index (χ4n) is 3.37. The Labute approximate surface area is 134 Å². The molecule has 0 saturated carbocycles. The summed E-state index contributed by atoms with van der Waals surface area (Å²) in [5.74, 6) is 0.216. The average molecular weight is 297 g/mol. The molecule has 118 valence electrons. The van der Waals surface area contributed by atoms with E-state index >= 15 is 0 Å². The molecule has 22 heavy (non-hydrogen) atoms. The van der Waals surface area contributed by atoms with Crippen LogP contribution in [0.4, 0.5) is 0 Å². The molecule has 2 nitrogen and oxygen atoms in total. The molecule has 0 bridgehead atoms. The SMILES string of the molecule is C=C/C=C(\C=C/C)C(O)(c1ccccc1)C1CCN(C)CC1. The number of aliphatic hydroxyl groups is 1. The van der Waals surface area contributed by atoms with Crippen LogP contribution in [0.5, 0.6) is 0 Å². The van der Waals surface area contributed by atoms with Crippen molar-refractivity contribution in [1.29, 1.82) is 0 Å². The molecule has 0 spiro atoms. The van der Waals surface area contributed by atoms with Crippen LogP contribution in [-0.2, 0) is 5.60 Å². The van der Waals surface area contributed by atoms with E-state index in [1.54, 1.807) is 6.08 Å². The molecule has 1 aliphatic rings. The predicted octanol–water partition coefficient (Wildman–Crippen LogP) is 3.90. The van der Waals surface area contributed by atoms with E-state index in [0.717, 1.165) is 37.1 Å². The molecule has 1 aromatic rings. The molecule has 1 saturated heterocycles. The first-order valence-corrected chi connectivity index (χ1v) is 8.05. The second-order valence-corrected chi connectivity index (χ2v) is 6.07. The Kier molecular flexibility index (Phi) is 5.76. The van der Waals surface area contributed by atoms with Crippen molar-refractivity contribution in [2.45, 2.75) is 25.4 Å². The Morgan fingerprint density at radius 2 is 1.91 bits per heavy atom. The zero-order chi connectivity index (χ0) is 16.0. The van der Waals surface area contributed by atoms with E-state index in [0.29, 0.717) is 0 Å². The third-order valence-corrected chi connectivity index (χ3v) is 4.61. The van der Waals surface area contributed by atoms with Gasteiger partial charge >= 0.3 is 0 Å².